The number of rotatable bonds is 5. The molecule has 0 spiro atoms. The third-order valence-electron chi connectivity index (χ3n) is 10.5. The van der Waals surface area contributed by atoms with Gasteiger partial charge < -0.3 is 4.57 Å². The van der Waals surface area contributed by atoms with E-state index in [1.165, 1.54) is 52.8 Å². The maximum absolute atomic E-state index is 5.11. The number of aromatic nitrogens is 4. The zero-order valence-electron chi connectivity index (χ0n) is 29.0. The van der Waals surface area contributed by atoms with Crippen LogP contribution in [0, 0.1) is 0 Å². The molecule has 4 aromatic heterocycles. The van der Waals surface area contributed by atoms with E-state index in [9.17, 15) is 0 Å². The Bertz CT molecular complexity index is 3130. The van der Waals surface area contributed by atoms with Gasteiger partial charge in [-0.25, -0.2) is 9.97 Å². The van der Waals surface area contributed by atoms with Gasteiger partial charge in [0.05, 0.1) is 28.1 Å². The topological polar surface area (TPSA) is 43.6 Å². The second kappa shape index (κ2) is 12.3. The first-order chi connectivity index (χ1) is 26.8. The van der Waals surface area contributed by atoms with Crippen molar-refractivity contribution in [3.05, 3.63) is 182 Å². The molecule has 0 N–H and O–H groups in total. The van der Waals surface area contributed by atoms with Crippen molar-refractivity contribution in [3.8, 4) is 50.8 Å². The average Bonchev–Trinajstić information content (AvgIpc) is 3.80. The molecule has 54 heavy (non-hydrogen) atoms. The molecule has 0 amide bonds. The number of pyridine rings is 1. The molecule has 0 radical (unpaired) electrons. The molecular formula is C49H30N4S. The van der Waals surface area contributed by atoms with Crippen LogP contribution < -0.4 is 0 Å². The average molecular weight is 707 g/mol. The normalized spacial score (nSPS) is 11.7. The molecular weight excluding hydrogens is 677 g/mol. The number of fused-ring (bicyclic) bond motifs is 9. The molecule has 0 unspecified atom stereocenters. The summed E-state index contributed by atoms with van der Waals surface area (Å²) in [6.07, 6.45) is 1.89. The van der Waals surface area contributed by atoms with Gasteiger partial charge in [-0.05, 0) is 71.4 Å². The highest BCUT2D eigenvalue weighted by Gasteiger charge is 2.23. The first kappa shape index (κ1) is 30.7. The molecule has 5 heteroatoms. The summed E-state index contributed by atoms with van der Waals surface area (Å²) >= 11 is 1.84. The van der Waals surface area contributed by atoms with Crippen molar-refractivity contribution in [1.82, 2.24) is 19.5 Å². The van der Waals surface area contributed by atoms with Crippen LogP contribution in [0.25, 0.3) is 104 Å². The SMILES string of the molecule is c1ccc(-c2cc(-c3ccccc3)nc(-c3ccc(-n4c5ccc6ccccc6c5c5cc(-c6ccccn6)c6sc7ccccc7c6c54)cc3)n2)cc1. The third kappa shape index (κ3) is 4.86. The standard InChI is InChI=1S/C49H30N4S/c1-3-14-32(15-4-1)41-30-42(33-16-5-2-6-17-33)52-49(51-41)34-22-25-35(26-23-34)53-43-27-24-31-13-7-8-18-36(31)45(43)39-29-38(40-20-11-12-28-50-40)48-46(47(39)53)37-19-9-10-21-44(37)54-48/h1-30H. The summed E-state index contributed by atoms with van der Waals surface area (Å²) in [5.41, 5.74) is 10.5. The number of hydrogen-bond donors (Lipinski definition) is 0. The van der Waals surface area contributed by atoms with Gasteiger partial charge in [0, 0.05) is 65.1 Å². The molecule has 7 aromatic carbocycles. The van der Waals surface area contributed by atoms with Crippen molar-refractivity contribution in [2.45, 2.75) is 0 Å². The number of benzene rings is 7. The van der Waals surface area contributed by atoms with E-state index in [2.05, 4.69) is 162 Å². The predicted molar refractivity (Wildman–Crippen MR) is 226 cm³/mol. The monoisotopic (exact) mass is 706 g/mol. The molecule has 0 aliphatic carbocycles. The van der Waals surface area contributed by atoms with Crippen LogP contribution in [0.5, 0.6) is 0 Å². The zero-order valence-corrected chi connectivity index (χ0v) is 29.8. The molecule has 0 bridgehead atoms. The van der Waals surface area contributed by atoms with Crippen molar-refractivity contribution in [1.29, 1.82) is 0 Å². The van der Waals surface area contributed by atoms with Crippen LogP contribution in [0.4, 0.5) is 0 Å². The van der Waals surface area contributed by atoms with Gasteiger partial charge >= 0.3 is 0 Å². The number of nitrogens with zero attached hydrogens (tertiary/aromatic N) is 4. The number of hydrogen-bond acceptors (Lipinski definition) is 4. The highest BCUT2D eigenvalue weighted by molar-refractivity contribution is 7.26. The van der Waals surface area contributed by atoms with Gasteiger partial charge in [-0.2, -0.15) is 0 Å². The van der Waals surface area contributed by atoms with E-state index in [0.717, 1.165) is 45.0 Å². The van der Waals surface area contributed by atoms with Crippen molar-refractivity contribution in [2.75, 3.05) is 0 Å². The Hall–Kier alpha value is -6.95. The summed E-state index contributed by atoms with van der Waals surface area (Å²) in [5, 5.41) is 7.43. The van der Waals surface area contributed by atoms with Crippen molar-refractivity contribution >= 4 is 64.1 Å². The minimum Gasteiger partial charge on any atom is -0.309 e. The maximum Gasteiger partial charge on any atom is 0.160 e. The fraction of sp³-hybridized carbons (Fsp3) is 0. The lowest BCUT2D eigenvalue weighted by molar-refractivity contribution is 1.17. The highest BCUT2D eigenvalue weighted by atomic mass is 32.1. The lowest BCUT2D eigenvalue weighted by Gasteiger charge is -2.12. The quantitative estimate of drug-likeness (QED) is 0.179. The van der Waals surface area contributed by atoms with Crippen LogP contribution >= 0.6 is 11.3 Å². The highest BCUT2D eigenvalue weighted by Crippen LogP contribution is 2.48. The Morgan fingerprint density at radius 2 is 1.13 bits per heavy atom. The van der Waals surface area contributed by atoms with Gasteiger partial charge in [0.2, 0.25) is 0 Å². The molecule has 0 atom stereocenters. The van der Waals surface area contributed by atoms with Crippen molar-refractivity contribution in [2.24, 2.45) is 0 Å². The fourth-order valence-electron chi connectivity index (χ4n) is 7.99. The van der Waals surface area contributed by atoms with E-state index >= 15 is 0 Å². The van der Waals surface area contributed by atoms with Gasteiger partial charge in [0.15, 0.2) is 5.82 Å². The van der Waals surface area contributed by atoms with Gasteiger partial charge in [0.1, 0.15) is 0 Å². The fourth-order valence-corrected chi connectivity index (χ4v) is 9.21. The summed E-state index contributed by atoms with van der Waals surface area (Å²) in [5.74, 6) is 0.696. The van der Waals surface area contributed by atoms with E-state index in [1.807, 2.05) is 35.7 Å². The van der Waals surface area contributed by atoms with Gasteiger partial charge in [-0.1, -0.05) is 115 Å². The molecule has 11 aromatic rings. The lowest BCUT2D eigenvalue weighted by Crippen LogP contribution is -1.97. The van der Waals surface area contributed by atoms with Gasteiger partial charge in [-0.3, -0.25) is 4.98 Å². The van der Waals surface area contributed by atoms with Crippen LogP contribution in [-0.2, 0) is 0 Å². The molecule has 4 nitrogen and oxygen atoms in total. The molecule has 0 aliphatic heterocycles. The minimum absolute atomic E-state index is 0.696. The second-order valence-electron chi connectivity index (χ2n) is 13.6. The molecule has 0 aliphatic rings. The Kier molecular flexibility index (Phi) is 7.00. The van der Waals surface area contributed by atoms with Crippen molar-refractivity contribution < 1.29 is 0 Å². The van der Waals surface area contributed by atoms with Crippen LogP contribution in [0.3, 0.4) is 0 Å². The van der Waals surface area contributed by atoms with E-state index in [0.29, 0.717) is 5.82 Å². The van der Waals surface area contributed by atoms with Crippen LogP contribution in [0.1, 0.15) is 0 Å². The van der Waals surface area contributed by atoms with Crippen LogP contribution in [-0.4, -0.2) is 19.5 Å². The minimum atomic E-state index is 0.696. The molecule has 0 saturated carbocycles. The van der Waals surface area contributed by atoms with E-state index in [-0.39, 0.29) is 0 Å². The molecule has 11 rings (SSSR count). The predicted octanol–water partition coefficient (Wildman–Crippen LogP) is 13.2. The Balaban J connectivity index is 1.18. The lowest BCUT2D eigenvalue weighted by atomic mass is 9.99. The number of thiophene rings is 1. The smallest absolute Gasteiger partial charge is 0.160 e. The first-order valence-corrected chi connectivity index (χ1v) is 18.9. The van der Waals surface area contributed by atoms with Crippen LogP contribution in [0.2, 0.25) is 0 Å². The van der Waals surface area contributed by atoms with E-state index < -0.39 is 0 Å². The summed E-state index contributed by atoms with van der Waals surface area (Å²) < 4.78 is 4.96. The van der Waals surface area contributed by atoms with E-state index in [4.69, 9.17) is 15.0 Å². The summed E-state index contributed by atoms with van der Waals surface area (Å²) in [6, 6.07) is 62.1. The summed E-state index contributed by atoms with van der Waals surface area (Å²) in [7, 11) is 0. The largest absolute Gasteiger partial charge is 0.309 e. The van der Waals surface area contributed by atoms with Gasteiger partial charge in [-0.15, -0.1) is 11.3 Å². The molecule has 4 heterocycles. The van der Waals surface area contributed by atoms with E-state index in [1.54, 1.807) is 0 Å². The Labute approximate surface area is 315 Å². The Morgan fingerprint density at radius 1 is 0.463 bits per heavy atom. The second-order valence-corrected chi connectivity index (χ2v) is 14.6. The third-order valence-corrected chi connectivity index (χ3v) is 11.7. The molecule has 252 valence electrons. The Morgan fingerprint density at radius 3 is 1.85 bits per heavy atom. The van der Waals surface area contributed by atoms with Crippen LogP contribution in [0.15, 0.2) is 182 Å². The summed E-state index contributed by atoms with van der Waals surface area (Å²) in [6.45, 7) is 0. The van der Waals surface area contributed by atoms with Gasteiger partial charge in [0.25, 0.3) is 0 Å². The first-order valence-electron chi connectivity index (χ1n) is 18.1. The molecule has 0 fully saturated rings. The summed E-state index contributed by atoms with van der Waals surface area (Å²) in [4.78, 5) is 15.1. The maximum atomic E-state index is 5.11. The molecule has 0 saturated heterocycles. The zero-order chi connectivity index (χ0) is 35.6. The van der Waals surface area contributed by atoms with Crippen molar-refractivity contribution in [3.63, 3.8) is 0 Å².